The average molecular weight is 308 g/mol. The van der Waals surface area contributed by atoms with Gasteiger partial charge in [0.15, 0.2) is 0 Å². The van der Waals surface area contributed by atoms with Crippen LogP contribution in [0.25, 0.3) is 0 Å². The van der Waals surface area contributed by atoms with Gasteiger partial charge in [-0.25, -0.2) is 13.4 Å². The first-order valence-electron chi connectivity index (χ1n) is 5.52. The first-order chi connectivity index (χ1) is 8.71. The highest BCUT2D eigenvalue weighted by Gasteiger charge is 2.21. The summed E-state index contributed by atoms with van der Waals surface area (Å²) in [5, 5.41) is 10.8. The third-order valence-corrected chi connectivity index (χ3v) is 3.74. The van der Waals surface area contributed by atoms with Crippen molar-refractivity contribution < 1.29 is 13.3 Å². The average Bonchev–Trinajstić information content (AvgIpc) is 2.25. The molecule has 0 aromatic carbocycles. The number of anilines is 1. The molecule has 0 amide bonds. The fourth-order valence-corrected chi connectivity index (χ4v) is 2.72. The lowest BCUT2D eigenvalue weighted by Gasteiger charge is -2.09. The van der Waals surface area contributed by atoms with Crippen molar-refractivity contribution in [3.8, 4) is 0 Å². The van der Waals surface area contributed by atoms with Crippen molar-refractivity contribution >= 4 is 33.1 Å². The number of halogens is 1. The smallest absolute Gasteiger partial charge is 0.262 e. The second kappa shape index (κ2) is 6.16. The molecule has 0 bridgehead atoms. The maximum Gasteiger partial charge on any atom is 0.312 e. The molecule has 1 N–H and O–H groups in total. The zero-order chi connectivity index (χ0) is 14.6. The van der Waals surface area contributed by atoms with Crippen LogP contribution in [0.2, 0.25) is 5.15 Å². The van der Waals surface area contributed by atoms with E-state index < -0.39 is 20.6 Å². The van der Waals surface area contributed by atoms with E-state index in [1.54, 1.807) is 0 Å². The van der Waals surface area contributed by atoms with Gasteiger partial charge in [-0.2, -0.15) is 0 Å². The third kappa shape index (κ3) is 4.99. The summed E-state index contributed by atoms with van der Waals surface area (Å²) in [6, 6.07) is 2.33. The number of hydrogen-bond acceptors (Lipinski definition) is 5. The Labute approximate surface area is 116 Å². The maximum absolute atomic E-state index is 11.8. The Balaban J connectivity index is 2.98. The molecule has 1 aromatic heterocycles. The van der Waals surface area contributed by atoms with Gasteiger partial charge in [-0.05, 0) is 18.4 Å². The molecule has 0 saturated heterocycles. The number of pyridine rings is 1. The van der Waals surface area contributed by atoms with E-state index in [1.165, 1.54) is 6.07 Å². The molecule has 0 unspecified atom stereocenters. The molecule has 0 saturated carbocycles. The summed E-state index contributed by atoms with van der Waals surface area (Å²) in [5.74, 6) is -0.282. The quantitative estimate of drug-likeness (QED) is 0.494. The van der Waals surface area contributed by atoms with Gasteiger partial charge in [0.25, 0.3) is 0 Å². The molecule has 19 heavy (non-hydrogen) atoms. The van der Waals surface area contributed by atoms with Crippen molar-refractivity contribution in [2.75, 3.05) is 10.5 Å². The van der Waals surface area contributed by atoms with Crippen LogP contribution in [0.1, 0.15) is 20.3 Å². The number of aromatic nitrogens is 1. The van der Waals surface area contributed by atoms with Gasteiger partial charge in [0.1, 0.15) is 5.15 Å². The Hall–Kier alpha value is -1.41. The molecule has 1 rings (SSSR count). The molecule has 0 radical (unpaired) electrons. The van der Waals surface area contributed by atoms with Gasteiger partial charge < -0.3 is 0 Å². The zero-order valence-electron chi connectivity index (χ0n) is 10.5. The van der Waals surface area contributed by atoms with Crippen LogP contribution >= 0.6 is 11.6 Å². The van der Waals surface area contributed by atoms with Crippen molar-refractivity contribution in [3.05, 3.63) is 27.4 Å². The zero-order valence-corrected chi connectivity index (χ0v) is 12.0. The Morgan fingerprint density at radius 2 is 2.11 bits per heavy atom. The van der Waals surface area contributed by atoms with E-state index in [4.69, 9.17) is 11.6 Å². The number of sulfonamides is 1. The highest BCUT2D eigenvalue weighted by molar-refractivity contribution is 7.92. The predicted molar refractivity (Wildman–Crippen MR) is 72.8 cm³/mol. The van der Waals surface area contributed by atoms with E-state index in [1.807, 2.05) is 13.8 Å². The lowest BCUT2D eigenvalue weighted by Crippen LogP contribution is -2.19. The second-order valence-electron chi connectivity index (χ2n) is 4.36. The van der Waals surface area contributed by atoms with E-state index >= 15 is 0 Å². The first-order valence-corrected chi connectivity index (χ1v) is 7.55. The highest BCUT2D eigenvalue weighted by atomic mass is 35.5. The molecule has 0 spiro atoms. The fourth-order valence-electron chi connectivity index (χ4n) is 1.24. The molecular formula is C10H14ClN3O4S. The van der Waals surface area contributed by atoms with Crippen molar-refractivity contribution in [2.45, 2.75) is 20.3 Å². The minimum atomic E-state index is -3.68. The minimum Gasteiger partial charge on any atom is -0.262 e. The van der Waals surface area contributed by atoms with E-state index in [9.17, 15) is 18.5 Å². The Kier molecular flexibility index (Phi) is 5.07. The van der Waals surface area contributed by atoms with Crippen LogP contribution in [-0.4, -0.2) is 24.1 Å². The van der Waals surface area contributed by atoms with E-state index in [0.717, 1.165) is 6.07 Å². The number of rotatable bonds is 6. The van der Waals surface area contributed by atoms with Crippen molar-refractivity contribution in [1.82, 2.24) is 4.98 Å². The predicted octanol–water partition coefficient (Wildman–Crippen LogP) is 2.43. The van der Waals surface area contributed by atoms with Gasteiger partial charge in [-0.1, -0.05) is 25.4 Å². The summed E-state index contributed by atoms with van der Waals surface area (Å²) in [4.78, 5) is 13.7. The Morgan fingerprint density at radius 3 is 2.63 bits per heavy atom. The highest BCUT2D eigenvalue weighted by Crippen LogP contribution is 2.25. The molecule has 1 heterocycles. The van der Waals surface area contributed by atoms with Crippen molar-refractivity contribution in [3.63, 3.8) is 0 Å². The van der Waals surface area contributed by atoms with Crippen LogP contribution in [0.4, 0.5) is 11.5 Å². The molecule has 1 aromatic rings. The van der Waals surface area contributed by atoms with Crippen molar-refractivity contribution in [1.29, 1.82) is 0 Å². The fraction of sp³-hybridized carbons (Fsp3) is 0.500. The molecular weight excluding hydrogens is 294 g/mol. The minimum absolute atomic E-state index is 0.0211. The molecule has 106 valence electrons. The number of nitrogens with one attached hydrogen (secondary N) is 1. The lowest BCUT2D eigenvalue weighted by atomic mass is 10.2. The van der Waals surface area contributed by atoms with Gasteiger partial charge in [0, 0.05) is 6.07 Å². The largest absolute Gasteiger partial charge is 0.312 e. The summed E-state index contributed by atoms with van der Waals surface area (Å²) >= 11 is 5.61. The standard InChI is InChI=1S/C10H14ClN3O4S/c1-7(2)5-6-19(17,18)13-10-8(14(15)16)3-4-9(11)12-10/h3-4,7H,5-6H2,1-2H3,(H,12,13). The maximum atomic E-state index is 11.8. The number of nitro groups is 1. The van der Waals surface area contributed by atoms with Crippen LogP contribution in [0.15, 0.2) is 12.1 Å². The summed E-state index contributed by atoms with van der Waals surface area (Å²) in [5.41, 5.74) is -0.433. The normalized spacial score (nSPS) is 11.6. The van der Waals surface area contributed by atoms with Crippen LogP contribution < -0.4 is 4.72 Å². The second-order valence-corrected chi connectivity index (χ2v) is 6.59. The van der Waals surface area contributed by atoms with Gasteiger partial charge in [-0.3, -0.25) is 14.8 Å². The van der Waals surface area contributed by atoms with Crippen LogP contribution in [0.3, 0.4) is 0 Å². The van der Waals surface area contributed by atoms with Gasteiger partial charge in [0.05, 0.1) is 10.7 Å². The lowest BCUT2D eigenvalue weighted by molar-refractivity contribution is -0.384. The Morgan fingerprint density at radius 1 is 1.47 bits per heavy atom. The topological polar surface area (TPSA) is 102 Å². The van der Waals surface area contributed by atoms with Crippen LogP contribution in [-0.2, 0) is 10.0 Å². The molecule has 9 heteroatoms. The first kappa shape index (κ1) is 15.6. The molecule has 0 fully saturated rings. The van der Waals surface area contributed by atoms with Crippen molar-refractivity contribution in [2.24, 2.45) is 5.92 Å². The summed E-state index contributed by atoms with van der Waals surface area (Å²) in [6.07, 6.45) is 0.448. The van der Waals surface area contributed by atoms with Gasteiger partial charge >= 0.3 is 5.69 Å². The van der Waals surface area contributed by atoms with Gasteiger partial charge in [0.2, 0.25) is 15.8 Å². The van der Waals surface area contributed by atoms with E-state index in [-0.39, 0.29) is 22.6 Å². The third-order valence-electron chi connectivity index (χ3n) is 2.25. The van der Waals surface area contributed by atoms with E-state index in [0.29, 0.717) is 6.42 Å². The Bertz CT molecular complexity index is 574. The number of nitrogens with zero attached hydrogens (tertiary/aromatic N) is 2. The van der Waals surface area contributed by atoms with Crippen LogP contribution in [0, 0.1) is 16.0 Å². The molecule has 0 aliphatic heterocycles. The monoisotopic (exact) mass is 307 g/mol. The van der Waals surface area contributed by atoms with Crippen LogP contribution in [0.5, 0.6) is 0 Å². The molecule has 7 nitrogen and oxygen atoms in total. The summed E-state index contributed by atoms with van der Waals surface area (Å²) in [7, 11) is -3.68. The molecule has 0 aliphatic carbocycles. The number of hydrogen-bond donors (Lipinski definition) is 1. The molecule has 0 aliphatic rings. The van der Waals surface area contributed by atoms with E-state index in [2.05, 4.69) is 9.71 Å². The summed E-state index contributed by atoms with van der Waals surface area (Å²) in [6.45, 7) is 3.77. The summed E-state index contributed by atoms with van der Waals surface area (Å²) < 4.78 is 25.6. The SMILES string of the molecule is CC(C)CCS(=O)(=O)Nc1nc(Cl)ccc1[N+](=O)[O-]. The van der Waals surface area contributed by atoms with Gasteiger partial charge in [-0.15, -0.1) is 0 Å². The molecule has 0 atom stereocenters.